The van der Waals surface area contributed by atoms with Crippen molar-refractivity contribution >= 4 is 11.3 Å². The van der Waals surface area contributed by atoms with Crippen LogP contribution in [-0.4, -0.2) is 11.0 Å². The van der Waals surface area contributed by atoms with Gasteiger partial charge in [0.05, 0.1) is 15.6 Å². The second kappa shape index (κ2) is 6.71. The van der Waals surface area contributed by atoms with Crippen LogP contribution in [0.1, 0.15) is 43.8 Å². The Labute approximate surface area is 131 Å². The number of aromatic nitrogens is 1. The van der Waals surface area contributed by atoms with E-state index < -0.39 is 0 Å². The molecule has 1 fully saturated rings. The number of benzene rings is 1. The molecule has 0 unspecified atom stereocenters. The van der Waals surface area contributed by atoms with Crippen molar-refractivity contribution in [1.82, 2.24) is 10.3 Å². The van der Waals surface area contributed by atoms with Crippen LogP contribution in [0.5, 0.6) is 0 Å². The summed E-state index contributed by atoms with van der Waals surface area (Å²) >= 11 is 1.88. The Bertz CT molecular complexity index is 570. The number of hydrogen-bond acceptors (Lipinski definition) is 3. The molecular formula is C18H24N2S. The molecule has 1 aliphatic carbocycles. The molecule has 3 heteroatoms. The number of thiazole rings is 1. The largest absolute Gasteiger partial charge is 0.308 e. The van der Waals surface area contributed by atoms with E-state index in [9.17, 15) is 0 Å². The van der Waals surface area contributed by atoms with Gasteiger partial charge in [-0.1, -0.05) is 44.2 Å². The summed E-state index contributed by atoms with van der Waals surface area (Å²) in [6.45, 7) is 5.47. The molecule has 1 aliphatic rings. The van der Waals surface area contributed by atoms with E-state index in [-0.39, 0.29) is 0 Å². The van der Waals surface area contributed by atoms with Gasteiger partial charge in [-0.25, -0.2) is 4.98 Å². The molecule has 0 radical (unpaired) electrons. The second-order valence-electron chi connectivity index (χ2n) is 6.34. The van der Waals surface area contributed by atoms with Gasteiger partial charge in [0.1, 0.15) is 0 Å². The van der Waals surface area contributed by atoms with E-state index in [0.29, 0.717) is 0 Å². The zero-order valence-electron chi connectivity index (χ0n) is 12.9. The number of nitrogens with one attached hydrogen (secondary N) is 1. The molecule has 0 spiro atoms. The predicted molar refractivity (Wildman–Crippen MR) is 90.6 cm³/mol. The van der Waals surface area contributed by atoms with E-state index >= 15 is 0 Å². The molecule has 1 N–H and O–H groups in total. The summed E-state index contributed by atoms with van der Waals surface area (Å²) in [6, 6.07) is 11.4. The van der Waals surface area contributed by atoms with Crippen LogP contribution in [0.4, 0.5) is 0 Å². The van der Waals surface area contributed by atoms with E-state index in [2.05, 4.69) is 49.5 Å². The first kappa shape index (κ1) is 14.7. The maximum atomic E-state index is 4.91. The molecule has 0 saturated heterocycles. The fourth-order valence-corrected chi connectivity index (χ4v) is 3.48. The lowest BCUT2D eigenvalue weighted by molar-refractivity contribution is 0.584. The number of aryl methyl sites for hydroxylation is 1. The molecule has 0 amide bonds. The zero-order valence-corrected chi connectivity index (χ0v) is 13.7. The van der Waals surface area contributed by atoms with Crippen molar-refractivity contribution in [2.24, 2.45) is 5.92 Å². The lowest BCUT2D eigenvalue weighted by Crippen LogP contribution is -2.16. The molecule has 1 aromatic heterocycles. The molecular weight excluding hydrogens is 276 g/mol. The minimum absolute atomic E-state index is 0.731. The van der Waals surface area contributed by atoms with Gasteiger partial charge < -0.3 is 5.32 Å². The topological polar surface area (TPSA) is 24.9 Å². The highest BCUT2D eigenvalue weighted by Gasteiger charge is 2.22. The van der Waals surface area contributed by atoms with Crippen molar-refractivity contribution in [3.8, 4) is 10.4 Å². The summed E-state index contributed by atoms with van der Waals surface area (Å²) in [6.07, 6.45) is 4.97. The van der Waals surface area contributed by atoms with Gasteiger partial charge in [-0.2, -0.15) is 0 Å². The standard InChI is InChI=1S/C18H24N2S/c1-13(2)8-11-17-20-16(12-19-15-9-10-15)18(21-17)14-6-4-3-5-7-14/h3-7,13,15,19H,8-12H2,1-2H3. The SMILES string of the molecule is CC(C)CCc1nc(CNC2CC2)c(-c2ccccc2)s1. The lowest BCUT2D eigenvalue weighted by atomic mass is 10.1. The molecule has 0 bridgehead atoms. The van der Waals surface area contributed by atoms with Crippen molar-refractivity contribution in [1.29, 1.82) is 0 Å². The van der Waals surface area contributed by atoms with E-state index in [0.717, 1.165) is 24.9 Å². The molecule has 1 saturated carbocycles. The summed E-state index contributed by atoms with van der Waals surface area (Å²) in [4.78, 5) is 6.26. The first-order chi connectivity index (χ1) is 10.2. The Morgan fingerprint density at radius 2 is 2.00 bits per heavy atom. The third-order valence-electron chi connectivity index (χ3n) is 3.85. The molecule has 2 aromatic rings. The molecule has 21 heavy (non-hydrogen) atoms. The van der Waals surface area contributed by atoms with E-state index in [4.69, 9.17) is 4.98 Å². The van der Waals surface area contributed by atoms with Crippen LogP contribution in [0.15, 0.2) is 30.3 Å². The average molecular weight is 300 g/mol. The van der Waals surface area contributed by atoms with Crippen molar-refractivity contribution in [3.63, 3.8) is 0 Å². The smallest absolute Gasteiger partial charge is 0.0935 e. The summed E-state index contributed by atoms with van der Waals surface area (Å²) in [5.74, 6) is 0.738. The highest BCUT2D eigenvalue weighted by Crippen LogP contribution is 2.32. The summed E-state index contributed by atoms with van der Waals surface area (Å²) in [5.41, 5.74) is 2.54. The fraction of sp³-hybridized carbons (Fsp3) is 0.500. The van der Waals surface area contributed by atoms with E-state index in [1.807, 2.05) is 11.3 Å². The van der Waals surface area contributed by atoms with Crippen LogP contribution in [-0.2, 0) is 13.0 Å². The normalized spacial score (nSPS) is 14.8. The summed E-state index contributed by atoms with van der Waals surface area (Å²) < 4.78 is 0. The van der Waals surface area contributed by atoms with Crippen LogP contribution in [0.25, 0.3) is 10.4 Å². The highest BCUT2D eigenvalue weighted by atomic mass is 32.1. The molecule has 0 atom stereocenters. The third-order valence-corrected chi connectivity index (χ3v) is 5.06. The Morgan fingerprint density at radius 1 is 1.24 bits per heavy atom. The first-order valence-corrected chi connectivity index (χ1v) is 8.81. The van der Waals surface area contributed by atoms with Gasteiger partial charge in [0.25, 0.3) is 0 Å². The van der Waals surface area contributed by atoms with Gasteiger partial charge in [0.2, 0.25) is 0 Å². The molecule has 3 rings (SSSR count). The van der Waals surface area contributed by atoms with Gasteiger partial charge >= 0.3 is 0 Å². The number of rotatable bonds is 7. The van der Waals surface area contributed by atoms with E-state index in [1.165, 1.54) is 40.4 Å². The van der Waals surface area contributed by atoms with Crippen LogP contribution in [0.3, 0.4) is 0 Å². The zero-order chi connectivity index (χ0) is 14.7. The van der Waals surface area contributed by atoms with Gasteiger partial charge in [-0.15, -0.1) is 11.3 Å². The molecule has 0 aliphatic heterocycles. The van der Waals surface area contributed by atoms with Crippen LogP contribution < -0.4 is 5.32 Å². The third kappa shape index (κ3) is 4.14. The molecule has 1 aromatic carbocycles. The van der Waals surface area contributed by atoms with Gasteiger partial charge in [-0.3, -0.25) is 0 Å². The van der Waals surface area contributed by atoms with Gasteiger partial charge in [0, 0.05) is 12.6 Å². The first-order valence-electron chi connectivity index (χ1n) is 7.99. The highest BCUT2D eigenvalue weighted by molar-refractivity contribution is 7.15. The van der Waals surface area contributed by atoms with Crippen molar-refractivity contribution in [3.05, 3.63) is 41.0 Å². The minimum atomic E-state index is 0.731. The predicted octanol–water partition coefficient (Wildman–Crippen LogP) is 4.65. The Morgan fingerprint density at radius 3 is 2.67 bits per heavy atom. The quantitative estimate of drug-likeness (QED) is 0.805. The maximum Gasteiger partial charge on any atom is 0.0935 e. The molecule has 1 heterocycles. The maximum absolute atomic E-state index is 4.91. The van der Waals surface area contributed by atoms with E-state index in [1.54, 1.807) is 0 Å². The van der Waals surface area contributed by atoms with Crippen molar-refractivity contribution < 1.29 is 0 Å². The summed E-state index contributed by atoms with van der Waals surface area (Å²) in [5, 5.41) is 4.89. The lowest BCUT2D eigenvalue weighted by Gasteiger charge is -2.03. The minimum Gasteiger partial charge on any atom is -0.308 e. The van der Waals surface area contributed by atoms with Crippen LogP contribution >= 0.6 is 11.3 Å². The van der Waals surface area contributed by atoms with Gasteiger partial charge in [-0.05, 0) is 37.2 Å². The van der Waals surface area contributed by atoms with Crippen LogP contribution in [0, 0.1) is 5.92 Å². The van der Waals surface area contributed by atoms with Crippen molar-refractivity contribution in [2.75, 3.05) is 0 Å². The Hall–Kier alpha value is -1.19. The number of nitrogens with zero attached hydrogens (tertiary/aromatic N) is 1. The average Bonchev–Trinajstić information content (AvgIpc) is 3.23. The molecule has 2 nitrogen and oxygen atoms in total. The Balaban J connectivity index is 1.80. The molecule has 112 valence electrons. The second-order valence-corrected chi connectivity index (χ2v) is 7.42. The number of hydrogen-bond donors (Lipinski definition) is 1. The monoisotopic (exact) mass is 300 g/mol. The van der Waals surface area contributed by atoms with Gasteiger partial charge in [0.15, 0.2) is 0 Å². The summed E-state index contributed by atoms with van der Waals surface area (Å²) in [7, 11) is 0. The van der Waals surface area contributed by atoms with Crippen LogP contribution in [0.2, 0.25) is 0 Å². The fourth-order valence-electron chi connectivity index (χ4n) is 2.38. The van der Waals surface area contributed by atoms with Crippen molar-refractivity contribution in [2.45, 2.75) is 52.1 Å². The Kier molecular flexibility index (Phi) is 4.71.